The molecule has 4 amide bonds. The molecule has 1 aromatic heterocycles. The molecule has 0 aliphatic carbocycles. The van der Waals surface area contributed by atoms with E-state index in [9.17, 15) is 32.8 Å². The number of halogens is 2. The molecule has 1 saturated heterocycles. The summed E-state index contributed by atoms with van der Waals surface area (Å²) in [5.74, 6) is -6.80. The zero-order chi connectivity index (χ0) is 35.0. The van der Waals surface area contributed by atoms with Gasteiger partial charge in [0.1, 0.15) is 6.04 Å². The second-order valence-corrected chi connectivity index (χ2v) is 11.5. The highest BCUT2D eigenvalue weighted by atomic mass is 19.3. The van der Waals surface area contributed by atoms with E-state index in [-0.39, 0.29) is 24.4 Å². The summed E-state index contributed by atoms with van der Waals surface area (Å²) in [5, 5.41) is 8.02. The minimum absolute atomic E-state index is 0.111. The molecular formula is C33H38F2N6O7. The number of fused-ring (bicyclic) bond motifs is 1. The number of benzene rings is 2. The number of aromatic nitrogens is 1. The number of nitrogens with one attached hydrogen (secondary N) is 3. The van der Waals surface area contributed by atoms with Gasteiger partial charge in [-0.3, -0.25) is 29.0 Å². The van der Waals surface area contributed by atoms with Crippen molar-refractivity contribution in [2.24, 2.45) is 0 Å². The van der Waals surface area contributed by atoms with Crippen molar-refractivity contribution in [3.05, 3.63) is 59.8 Å². The van der Waals surface area contributed by atoms with Gasteiger partial charge in [0.2, 0.25) is 17.6 Å². The average Bonchev–Trinajstić information content (AvgIpc) is 3.40. The Kier molecular flexibility index (Phi) is 11.6. The molecule has 0 bridgehead atoms. The molecule has 1 fully saturated rings. The third-order valence-corrected chi connectivity index (χ3v) is 7.72. The Hall–Kier alpha value is -5.18. The van der Waals surface area contributed by atoms with E-state index in [1.165, 1.54) is 26.5 Å². The lowest BCUT2D eigenvalue weighted by molar-refractivity contribution is -0.144. The zero-order valence-corrected chi connectivity index (χ0v) is 27.1. The first-order chi connectivity index (χ1) is 22.8. The maximum atomic E-state index is 14.5. The zero-order valence-electron chi connectivity index (χ0n) is 27.1. The number of hydrogen-bond acceptors (Lipinski definition) is 9. The number of pyridine rings is 1. The van der Waals surface area contributed by atoms with Crippen molar-refractivity contribution in [3.8, 4) is 11.5 Å². The van der Waals surface area contributed by atoms with Crippen LogP contribution in [0.5, 0.6) is 11.5 Å². The monoisotopic (exact) mass is 668 g/mol. The van der Waals surface area contributed by atoms with Crippen LogP contribution < -0.4 is 25.4 Å². The lowest BCUT2D eigenvalue weighted by atomic mass is 10.1. The fourth-order valence-corrected chi connectivity index (χ4v) is 5.32. The van der Waals surface area contributed by atoms with Crippen LogP contribution in [0.4, 0.5) is 14.5 Å². The van der Waals surface area contributed by atoms with Gasteiger partial charge in [-0.2, -0.15) is 0 Å². The summed E-state index contributed by atoms with van der Waals surface area (Å²) < 4.78 is 39.3. The Morgan fingerprint density at radius 3 is 2.48 bits per heavy atom. The van der Waals surface area contributed by atoms with Gasteiger partial charge >= 0.3 is 0 Å². The van der Waals surface area contributed by atoms with Gasteiger partial charge in [-0.05, 0) is 56.9 Å². The van der Waals surface area contributed by atoms with E-state index >= 15 is 0 Å². The van der Waals surface area contributed by atoms with E-state index < -0.39 is 55.0 Å². The number of nitrogens with zero attached hydrogens (tertiary/aromatic N) is 3. The number of amides is 4. The number of para-hydroxylation sites is 1. The van der Waals surface area contributed by atoms with Crippen molar-refractivity contribution in [3.63, 3.8) is 0 Å². The van der Waals surface area contributed by atoms with Gasteiger partial charge in [0.05, 0.1) is 44.1 Å². The fraction of sp³-hybridized carbons (Fsp3) is 0.394. The van der Waals surface area contributed by atoms with Crippen molar-refractivity contribution in [1.82, 2.24) is 25.4 Å². The molecule has 3 N–H and O–H groups in total. The van der Waals surface area contributed by atoms with Crippen LogP contribution in [0.15, 0.2) is 48.7 Å². The fourth-order valence-electron chi connectivity index (χ4n) is 5.32. The number of carbonyl (C=O) groups is 5. The van der Waals surface area contributed by atoms with Crippen molar-refractivity contribution in [2.45, 2.75) is 37.8 Å². The molecule has 1 aliphatic heterocycles. The molecule has 3 aromatic rings. The smallest absolute Gasteiger partial charge is 0.289 e. The van der Waals surface area contributed by atoms with Crippen LogP contribution in [-0.4, -0.2) is 104 Å². The largest absolute Gasteiger partial charge is 0.493 e. The summed E-state index contributed by atoms with van der Waals surface area (Å²) in [7, 11) is 6.72. The predicted molar refractivity (Wildman–Crippen MR) is 172 cm³/mol. The van der Waals surface area contributed by atoms with E-state index in [1.54, 1.807) is 36.4 Å². The number of anilines is 1. The maximum absolute atomic E-state index is 14.5. The molecule has 0 saturated carbocycles. The van der Waals surface area contributed by atoms with Crippen LogP contribution in [0.3, 0.4) is 0 Å². The number of alkyl halides is 2. The quantitative estimate of drug-likeness (QED) is 0.219. The Morgan fingerprint density at radius 1 is 1.02 bits per heavy atom. The van der Waals surface area contributed by atoms with Crippen LogP contribution in [-0.2, 0) is 25.7 Å². The topological polar surface area (TPSA) is 159 Å². The summed E-state index contributed by atoms with van der Waals surface area (Å²) >= 11 is 0. The van der Waals surface area contributed by atoms with Crippen LogP contribution >= 0.6 is 0 Å². The predicted octanol–water partition coefficient (Wildman–Crippen LogP) is 2.38. The molecule has 13 nitrogen and oxygen atoms in total. The number of likely N-dealkylation sites (tertiary alicyclic amines) is 1. The second-order valence-electron chi connectivity index (χ2n) is 11.5. The highest BCUT2D eigenvalue weighted by Gasteiger charge is 2.51. The first-order valence-electron chi connectivity index (χ1n) is 15.1. The number of rotatable bonds is 14. The van der Waals surface area contributed by atoms with Crippen LogP contribution in [0.2, 0.25) is 0 Å². The molecule has 0 unspecified atom stereocenters. The number of carbonyl (C=O) groups excluding carboxylic acids is 5. The van der Waals surface area contributed by atoms with Gasteiger partial charge in [0.15, 0.2) is 11.5 Å². The average molecular weight is 669 g/mol. The van der Waals surface area contributed by atoms with Crippen molar-refractivity contribution in [1.29, 1.82) is 0 Å². The molecule has 2 heterocycles. The van der Waals surface area contributed by atoms with Gasteiger partial charge in [0.25, 0.3) is 17.7 Å². The summed E-state index contributed by atoms with van der Waals surface area (Å²) in [5.41, 5.74) is 1.43. The summed E-state index contributed by atoms with van der Waals surface area (Å²) in [6.07, 6.45) is 1.28. The molecule has 0 radical (unpaired) electrons. The molecular weight excluding hydrogens is 630 g/mol. The van der Waals surface area contributed by atoms with E-state index in [2.05, 4.69) is 20.9 Å². The Balaban J connectivity index is 1.40. The first-order valence-corrected chi connectivity index (χ1v) is 15.1. The number of ketones is 1. The molecule has 1 atom stereocenters. The van der Waals surface area contributed by atoms with Gasteiger partial charge in [-0.15, -0.1) is 0 Å². The van der Waals surface area contributed by atoms with Crippen molar-refractivity contribution < 1.29 is 42.2 Å². The molecule has 2 aromatic carbocycles. The SMILES string of the molecule is COc1ccc(CNC(=O)C(=O)[C@@H]2CC(F)(F)CN2C(=O)CNC(=O)c2ccnc3c(NC(=O)CCCN(C)C)cccc23)cc1OC. The maximum Gasteiger partial charge on any atom is 0.289 e. The van der Waals surface area contributed by atoms with E-state index in [0.29, 0.717) is 45.0 Å². The number of Topliss-reactive ketones (excluding diaryl/α,β-unsaturated/α-hetero) is 1. The molecule has 1 aliphatic rings. The summed E-state index contributed by atoms with van der Waals surface area (Å²) in [6.45, 7) is -1.17. The van der Waals surface area contributed by atoms with Gasteiger partial charge in [-0.25, -0.2) is 8.78 Å². The Bertz CT molecular complexity index is 1700. The highest BCUT2D eigenvalue weighted by molar-refractivity contribution is 6.38. The molecule has 15 heteroatoms. The van der Waals surface area contributed by atoms with Crippen molar-refractivity contribution >= 4 is 46.0 Å². The standard InChI is InChI=1S/C33H38F2N6O7/c1-40(2)14-6-9-27(42)39-23-8-5-7-21-22(12-13-36-29(21)23)31(45)38-18-28(43)41-19-33(34,35)16-24(41)30(44)32(46)37-17-20-10-11-25(47-3)26(15-20)48-4/h5,7-8,10-13,15,24H,6,9,14,16-19H2,1-4H3,(H,37,46)(H,38,45)(H,39,42)/t24-/m0/s1. The van der Waals surface area contributed by atoms with E-state index in [1.807, 2.05) is 19.0 Å². The second kappa shape index (κ2) is 15.6. The Morgan fingerprint density at radius 2 is 1.77 bits per heavy atom. The van der Waals surface area contributed by atoms with Gasteiger partial charge in [-0.1, -0.05) is 18.2 Å². The lowest BCUT2D eigenvalue weighted by Gasteiger charge is -2.23. The molecule has 4 rings (SSSR count). The molecule has 48 heavy (non-hydrogen) atoms. The number of hydrogen-bond donors (Lipinski definition) is 3. The van der Waals surface area contributed by atoms with E-state index in [0.717, 1.165) is 6.54 Å². The Labute approximate surface area is 275 Å². The lowest BCUT2D eigenvalue weighted by Crippen LogP contribution is -2.49. The molecule has 0 spiro atoms. The van der Waals surface area contributed by atoms with Crippen LogP contribution in [0.1, 0.15) is 35.2 Å². The third kappa shape index (κ3) is 8.79. The van der Waals surface area contributed by atoms with Gasteiger partial charge in [0, 0.05) is 31.0 Å². The van der Waals surface area contributed by atoms with Crippen LogP contribution in [0, 0.1) is 0 Å². The minimum atomic E-state index is -3.42. The highest BCUT2D eigenvalue weighted by Crippen LogP contribution is 2.33. The number of ether oxygens (including phenoxy) is 2. The number of methoxy groups -OCH3 is 2. The normalized spacial score (nSPS) is 15.2. The minimum Gasteiger partial charge on any atom is -0.493 e. The van der Waals surface area contributed by atoms with Crippen LogP contribution in [0.25, 0.3) is 10.9 Å². The third-order valence-electron chi connectivity index (χ3n) is 7.72. The van der Waals surface area contributed by atoms with E-state index in [4.69, 9.17) is 9.47 Å². The molecule has 256 valence electrons. The summed E-state index contributed by atoms with van der Waals surface area (Å²) in [4.78, 5) is 71.3. The summed E-state index contributed by atoms with van der Waals surface area (Å²) in [6, 6.07) is 9.43. The first kappa shape index (κ1) is 35.7. The van der Waals surface area contributed by atoms with Gasteiger partial charge < -0.3 is 35.2 Å². The van der Waals surface area contributed by atoms with Crippen molar-refractivity contribution in [2.75, 3.05) is 53.3 Å².